The predicted molar refractivity (Wildman–Crippen MR) is 71.2 cm³/mol. The molecule has 0 saturated carbocycles. The lowest BCUT2D eigenvalue weighted by atomic mass is 10.2. The highest BCUT2D eigenvalue weighted by atomic mass is 32.1. The van der Waals surface area contributed by atoms with Crippen molar-refractivity contribution in [3.63, 3.8) is 0 Å². The Balaban J connectivity index is 2.60. The smallest absolute Gasteiger partial charge is 0.0308 e. The van der Waals surface area contributed by atoms with E-state index in [4.69, 9.17) is 0 Å². The topological polar surface area (TPSA) is 0 Å². The molecule has 15 heavy (non-hydrogen) atoms. The van der Waals surface area contributed by atoms with Crippen molar-refractivity contribution in [1.82, 2.24) is 0 Å². The minimum absolute atomic E-state index is 1.16. The summed E-state index contributed by atoms with van der Waals surface area (Å²) >= 11 is 3.61. The van der Waals surface area contributed by atoms with Gasteiger partial charge in [0.15, 0.2) is 0 Å². The Morgan fingerprint density at radius 1 is 1.07 bits per heavy atom. The highest BCUT2D eigenvalue weighted by Gasteiger charge is 1.99. The van der Waals surface area contributed by atoms with Crippen molar-refractivity contribution >= 4 is 35.3 Å². The highest BCUT2D eigenvalue weighted by Crippen LogP contribution is 2.21. The molecule has 2 aromatic heterocycles. The van der Waals surface area contributed by atoms with Gasteiger partial charge in [-0.05, 0) is 49.8 Å². The molecule has 2 rings (SSSR count). The number of rotatable bonds is 1. The van der Waals surface area contributed by atoms with E-state index in [-0.39, 0.29) is 0 Å². The van der Waals surface area contributed by atoms with Crippen molar-refractivity contribution in [2.24, 2.45) is 0 Å². The molecular weight excluding hydrogens is 220 g/mol. The second-order valence-corrected chi connectivity index (χ2v) is 6.41. The fourth-order valence-corrected chi connectivity index (χ4v) is 3.45. The van der Waals surface area contributed by atoms with Crippen LogP contribution in [0.25, 0.3) is 12.7 Å². The van der Waals surface area contributed by atoms with E-state index >= 15 is 0 Å². The molecule has 0 aliphatic rings. The van der Waals surface area contributed by atoms with Gasteiger partial charge in [-0.2, -0.15) is 0 Å². The molecule has 0 amide bonds. The molecule has 0 fully saturated rings. The van der Waals surface area contributed by atoms with Crippen LogP contribution in [-0.2, 0) is 0 Å². The molecule has 78 valence electrons. The minimum atomic E-state index is 1.16. The van der Waals surface area contributed by atoms with Crippen molar-refractivity contribution in [3.05, 3.63) is 42.1 Å². The maximum Gasteiger partial charge on any atom is 0.0308 e. The standard InChI is InChI=1S/C13H14S2/c1-8-5-9(2)15-13(8)7-12-6-10(3)14-11(12)4/h5-7H,4H2,1-3H3/b12-7-. The third kappa shape index (κ3) is 2.21. The molecule has 0 atom stereocenters. The summed E-state index contributed by atoms with van der Waals surface area (Å²) in [6, 6.07) is 4.44. The molecule has 0 unspecified atom stereocenters. The van der Waals surface area contributed by atoms with Gasteiger partial charge in [0.2, 0.25) is 0 Å². The SMILES string of the molecule is C=c1sc(C)c/c1=C/c1sc(C)cc1C. The van der Waals surface area contributed by atoms with Gasteiger partial charge in [-0.25, -0.2) is 0 Å². The second kappa shape index (κ2) is 3.95. The third-order valence-electron chi connectivity index (χ3n) is 2.33. The molecule has 0 spiro atoms. The van der Waals surface area contributed by atoms with Crippen molar-refractivity contribution in [2.45, 2.75) is 20.8 Å². The van der Waals surface area contributed by atoms with Crippen molar-refractivity contribution in [1.29, 1.82) is 0 Å². The van der Waals surface area contributed by atoms with Gasteiger partial charge in [-0.3, -0.25) is 0 Å². The minimum Gasteiger partial charge on any atom is -0.141 e. The molecule has 0 radical (unpaired) electrons. The van der Waals surface area contributed by atoms with Crippen LogP contribution in [0.3, 0.4) is 0 Å². The summed E-state index contributed by atoms with van der Waals surface area (Å²) in [6.45, 7) is 10.5. The summed E-state index contributed by atoms with van der Waals surface area (Å²) < 4.78 is 1.16. The predicted octanol–water partition coefficient (Wildman–Crippen LogP) is 2.97. The molecule has 0 saturated heterocycles. The zero-order valence-corrected chi connectivity index (χ0v) is 10.9. The van der Waals surface area contributed by atoms with Crippen LogP contribution in [0.1, 0.15) is 20.2 Å². The van der Waals surface area contributed by atoms with Gasteiger partial charge < -0.3 is 0 Å². The lowest BCUT2D eigenvalue weighted by molar-refractivity contribution is 1.49. The monoisotopic (exact) mass is 234 g/mol. The Morgan fingerprint density at radius 2 is 1.73 bits per heavy atom. The molecule has 0 aromatic carbocycles. The summed E-state index contributed by atoms with van der Waals surface area (Å²) in [5.74, 6) is 0. The maximum absolute atomic E-state index is 4.07. The number of aryl methyl sites for hydroxylation is 3. The molecule has 0 aliphatic carbocycles. The first-order valence-electron chi connectivity index (χ1n) is 4.90. The molecule has 2 aromatic rings. The van der Waals surface area contributed by atoms with E-state index < -0.39 is 0 Å². The van der Waals surface area contributed by atoms with E-state index in [9.17, 15) is 0 Å². The average Bonchev–Trinajstić information content (AvgIpc) is 2.58. The van der Waals surface area contributed by atoms with E-state index in [2.05, 4.69) is 45.6 Å². The van der Waals surface area contributed by atoms with Gasteiger partial charge in [-0.15, -0.1) is 22.7 Å². The van der Waals surface area contributed by atoms with E-state index in [1.807, 2.05) is 11.3 Å². The van der Waals surface area contributed by atoms with Gasteiger partial charge in [0.1, 0.15) is 0 Å². The van der Waals surface area contributed by atoms with Crippen LogP contribution in [0.15, 0.2) is 12.1 Å². The summed E-state index contributed by atoms with van der Waals surface area (Å²) in [7, 11) is 0. The summed E-state index contributed by atoms with van der Waals surface area (Å²) in [5.41, 5.74) is 1.36. The fourth-order valence-electron chi connectivity index (χ4n) is 1.65. The fraction of sp³-hybridized carbons (Fsp3) is 0.231. The largest absolute Gasteiger partial charge is 0.141 e. The second-order valence-electron chi connectivity index (χ2n) is 3.78. The molecule has 0 aliphatic heterocycles. The van der Waals surface area contributed by atoms with Crippen LogP contribution in [0.2, 0.25) is 0 Å². The number of hydrogen-bond donors (Lipinski definition) is 0. The Bertz CT molecular complexity index is 585. The summed E-state index contributed by atoms with van der Waals surface area (Å²) in [4.78, 5) is 4.06. The van der Waals surface area contributed by atoms with Crippen molar-refractivity contribution in [2.75, 3.05) is 0 Å². The lowest BCUT2D eigenvalue weighted by Crippen LogP contribution is -2.15. The average molecular weight is 234 g/mol. The van der Waals surface area contributed by atoms with Crippen molar-refractivity contribution < 1.29 is 0 Å². The lowest BCUT2D eigenvalue weighted by Gasteiger charge is -1.86. The molecular formula is C13H14S2. The zero-order valence-electron chi connectivity index (χ0n) is 9.26. The number of thiophene rings is 2. The van der Waals surface area contributed by atoms with Gasteiger partial charge in [0, 0.05) is 19.2 Å². The van der Waals surface area contributed by atoms with Gasteiger partial charge >= 0.3 is 0 Å². The van der Waals surface area contributed by atoms with Crippen LogP contribution in [0.4, 0.5) is 0 Å². The first-order chi connectivity index (χ1) is 7.06. The Labute approximate surface area is 98.2 Å². The highest BCUT2D eigenvalue weighted by molar-refractivity contribution is 7.13. The van der Waals surface area contributed by atoms with E-state index in [0.29, 0.717) is 0 Å². The van der Waals surface area contributed by atoms with Gasteiger partial charge in [0.05, 0.1) is 0 Å². The van der Waals surface area contributed by atoms with Crippen LogP contribution in [0.5, 0.6) is 0 Å². The van der Waals surface area contributed by atoms with Crippen molar-refractivity contribution in [3.8, 4) is 0 Å². The molecule has 0 bridgehead atoms. The molecule has 0 nitrogen and oxygen atoms in total. The normalized spacial score (nSPS) is 12.3. The Kier molecular flexibility index (Phi) is 2.81. The van der Waals surface area contributed by atoms with Gasteiger partial charge in [-0.1, -0.05) is 6.58 Å². The van der Waals surface area contributed by atoms with Crippen LogP contribution >= 0.6 is 22.7 Å². The zero-order chi connectivity index (χ0) is 11.0. The van der Waals surface area contributed by atoms with E-state index in [1.165, 1.54) is 25.4 Å². The summed E-state index contributed by atoms with van der Waals surface area (Å²) in [5, 5.41) is 1.27. The summed E-state index contributed by atoms with van der Waals surface area (Å²) in [6.07, 6.45) is 2.25. The molecule has 2 heteroatoms. The van der Waals surface area contributed by atoms with E-state index in [1.54, 1.807) is 11.3 Å². The first kappa shape index (κ1) is 10.7. The Hall–Kier alpha value is -0.860. The third-order valence-corrected chi connectivity index (χ3v) is 4.35. The van der Waals surface area contributed by atoms with Crippen LogP contribution < -0.4 is 9.75 Å². The Morgan fingerprint density at radius 3 is 2.20 bits per heavy atom. The quantitative estimate of drug-likeness (QED) is 0.711. The molecule has 0 N–H and O–H groups in total. The maximum atomic E-state index is 4.07. The first-order valence-corrected chi connectivity index (χ1v) is 6.54. The van der Waals surface area contributed by atoms with E-state index in [0.717, 1.165) is 4.53 Å². The van der Waals surface area contributed by atoms with Gasteiger partial charge in [0.25, 0.3) is 0 Å². The van der Waals surface area contributed by atoms with Crippen LogP contribution in [-0.4, -0.2) is 0 Å². The number of hydrogen-bond acceptors (Lipinski definition) is 2. The van der Waals surface area contributed by atoms with Crippen LogP contribution in [0, 0.1) is 20.8 Å². The molecule has 2 heterocycles.